The van der Waals surface area contributed by atoms with Gasteiger partial charge < -0.3 is 10.6 Å². The van der Waals surface area contributed by atoms with Crippen LogP contribution in [0.15, 0.2) is 6.20 Å². The van der Waals surface area contributed by atoms with Crippen molar-refractivity contribution in [3.05, 3.63) is 11.9 Å². The number of halogens is 3. The SMILES string of the molecule is CCc1nn(C)cc1NCC(=O)NCC(F)(F)F. The normalized spacial score (nSPS) is 11.4. The smallest absolute Gasteiger partial charge is 0.373 e. The molecule has 0 bridgehead atoms. The molecule has 0 unspecified atom stereocenters. The van der Waals surface area contributed by atoms with Gasteiger partial charge in [-0.15, -0.1) is 0 Å². The third kappa shape index (κ3) is 4.64. The number of amides is 1. The molecule has 102 valence electrons. The summed E-state index contributed by atoms with van der Waals surface area (Å²) in [7, 11) is 1.73. The number of aryl methyl sites for hydroxylation is 2. The highest BCUT2D eigenvalue weighted by Crippen LogP contribution is 2.13. The maximum absolute atomic E-state index is 11.9. The number of alkyl halides is 3. The third-order valence-electron chi connectivity index (χ3n) is 2.17. The maximum atomic E-state index is 11.9. The molecule has 18 heavy (non-hydrogen) atoms. The topological polar surface area (TPSA) is 59.0 Å². The number of aromatic nitrogens is 2. The average molecular weight is 264 g/mol. The predicted molar refractivity (Wildman–Crippen MR) is 60.1 cm³/mol. The Morgan fingerprint density at radius 2 is 2.17 bits per heavy atom. The highest BCUT2D eigenvalue weighted by molar-refractivity contribution is 5.80. The quantitative estimate of drug-likeness (QED) is 0.836. The van der Waals surface area contributed by atoms with Crippen LogP contribution in [0.25, 0.3) is 0 Å². The lowest BCUT2D eigenvalue weighted by Gasteiger charge is -2.09. The second kappa shape index (κ2) is 5.74. The molecule has 0 aromatic carbocycles. The van der Waals surface area contributed by atoms with Crippen molar-refractivity contribution in [2.45, 2.75) is 19.5 Å². The summed E-state index contributed by atoms with van der Waals surface area (Å²) >= 11 is 0. The number of hydrogen-bond donors (Lipinski definition) is 2. The zero-order valence-corrected chi connectivity index (χ0v) is 10.1. The van der Waals surface area contributed by atoms with Crippen LogP contribution in [0.3, 0.4) is 0 Å². The van der Waals surface area contributed by atoms with E-state index < -0.39 is 18.6 Å². The van der Waals surface area contributed by atoms with Crippen LogP contribution in [0.4, 0.5) is 18.9 Å². The van der Waals surface area contributed by atoms with E-state index in [1.165, 1.54) is 0 Å². The molecule has 0 fully saturated rings. The Balaban J connectivity index is 2.42. The molecule has 0 saturated heterocycles. The Bertz CT molecular complexity index is 414. The summed E-state index contributed by atoms with van der Waals surface area (Å²) < 4.78 is 37.1. The van der Waals surface area contributed by atoms with Gasteiger partial charge in [0.25, 0.3) is 0 Å². The second-order valence-electron chi connectivity index (χ2n) is 3.76. The maximum Gasteiger partial charge on any atom is 0.405 e. The minimum Gasteiger partial charge on any atom is -0.373 e. The van der Waals surface area contributed by atoms with Crippen molar-refractivity contribution in [1.82, 2.24) is 15.1 Å². The van der Waals surface area contributed by atoms with Crippen LogP contribution < -0.4 is 10.6 Å². The lowest BCUT2D eigenvalue weighted by Crippen LogP contribution is -2.37. The minimum absolute atomic E-state index is 0.214. The van der Waals surface area contributed by atoms with Gasteiger partial charge in [0.1, 0.15) is 6.54 Å². The first-order chi connectivity index (χ1) is 8.31. The Hall–Kier alpha value is -1.73. The first kappa shape index (κ1) is 14.3. The zero-order valence-electron chi connectivity index (χ0n) is 10.1. The van der Waals surface area contributed by atoms with Crippen LogP contribution in [0, 0.1) is 0 Å². The van der Waals surface area contributed by atoms with E-state index in [-0.39, 0.29) is 6.54 Å². The van der Waals surface area contributed by atoms with E-state index in [4.69, 9.17) is 0 Å². The van der Waals surface area contributed by atoms with Crippen LogP contribution in [-0.4, -0.2) is 35.0 Å². The highest BCUT2D eigenvalue weighted by Gasteiger charge is 2.27. The third-order valence-corrected chi connectivity index (χ3v) is 2.17. The number of anilines is 1. The summed E-state index contributed by atoms with van der Waals surface area (Å²) in [6, 6.07) is 0. The van der Waals surface area contributed by atoms with Crippen molar-refractivity contribution in [2.75, 3.05) is 18.4 Å². The fourth-order valence-corrected chi connectivity index (χ4v) is 1.38. The Labute approximate surface area is 102 Å². The summed E-state index contributed by atoms with van der Waals surface area (Å²) in [6.45, 7) is 0.368. The van der Waals surface area contributed by atoms with Gasteiger partial charge in [-0.25, -0.2) is 0 Å². The van der Waals surface area contributed by atoms with E-state index in [0.29, 0.717) is 12.1 Å². The number of nitrogens with zero attached hydrogens (tertiary/aromatic N) is 2. The van der Waals surface area contributed by atoms with E-state index >= 15 is 0 Å². The second-order valence-corrected chi connectivity index (χ2v) is 3.76. The lowest BCUT2D eigenvalue weighted by molar-refractivity contribution is -0.137. The number of nitrogens with one attached hydrogen (secondary N) is 2. The number of hydrogen-bond acceptors (Lipinski definition) is 3. The first-order valence-electron chi connectivity index (χ1n) is 5.41. The summed E-state index contributed by atoms with van der Waals surface area (Å²) in [4.78, 5) is 11.2. The van der Waals surface area contributed by atoms with Gasteiger partial charge >= 0.3 is 6.18 Å². The zero-order chi connectivity index (χ0) is 13.8. The minimum atomic E-state index is -4.39. The van der Waals surface area contributed by atoms with Gasteiger partial charge in [-0.2, -0.15) is 18.3 Å². The summed E-state index contributed by atoms with van der Waals surface area (Å²) in [5.74, 6) is -0.710. The van der Waals surface area contributed by atoms with Crippen LogP contribution in [0.1, 0.15) is 12.6 Å². The van der Waals surface area contributed by atoms with Crippen molar-refractivity contribution >= 4 is 11.6 Å². The summed E-state index contributed by atoms with van der Waals surface area (Å²) in [6.07, 6.45) is -2.04. The van der Waals surface area contributed by atoms with Gasteiger partial charge in [0.05, 0.1) is 17.9 Å². The molecule has 1 aromatic heterocycles. The molecule has 8 heteroatoms. The molecule has 0 aliphatic heterocycles. The molecule has 0 aliphatic rings. The molecule has 5 nitrogen and oxygen atoms in total. The Morgan fingerprint density at radius 3 is 2.72 bits per heavy atom. The first-order valence-corrected chi connectivity index (χ1v) is 5.41. The van der Waals surface area contributed by atoms with E-state index in [1.807, 2.05) is 6.92 Å². The van der Waals surface area contributed by atoms with Crippen LogP contribution in [0.2, 0.25) is 0 Å². The monoisotopic (exact) mass is 264 g/mol. The molecule has 2 N–H and O–H groups in total. The van der Waals surface area contributed by atoms with Crippen LogP contribution in [0.5, 0.6) is 0 Å². The van der Waals surface area contributed by atoms with Crippen molar-refractivity contribution in [2.24, 2.45) is 7.05 Å². The predicted octanol–water partition coefficient (Wildman–Crippen LogP) is 1.07. The van der Waals surface area contributed by atoms with E-state index in [0.717, 1.165) is 5.69 Å². The average Bonchev–Trinajstić information content (AvgIpc) is 2.63. The summed E-state index contributed by atoms with van der Waals surface area (Å²) in [5.41, 5.74) is 1.42. The van der Waals surface area contributed by atoms with E-state index in [9.17, 15) is 18.0 Å². The van der Waals surface area contributed by atoms with E-state index in [1.54, 1.807) is 23.2 Å². The highest BCUT2D eigenvalue weighted by atomic mass is 19.4. The molecule has 1 amide bonds. The molecule has 0 spiro atoms. The lowest BCUT2D eigenvalue weighted by atomic mass is 10.3. The van der Waals surface area contributed by atoms with Gasteiger partial charge in [0.15, 0.2) is 0 Å². The number of carbonyl (C=O) groups is 1. The van der Waals surface area contributed by atoms with E-state index in [2.05, 4.69) is 10.4 Å². The summed E-state index contributed by atoms with van der Waals surface area (Å²) in [5, 5.41) is 8.68. The molecular weight excluding hydrogens is 249 g/mol. The van der Waals surface area contributed by atoms with Gasteiger partial charge in [0, 0.05) is 13.2 Å². The molecular formula is C10H15F3N4O. The van der Waals surface area contributed by atoms with Gasteiger partial charge in [-0.3, -0.25) is 9.48 Å². The van der Waals surface area contributed by atoms with Crippen molar-refractivity contribution in [3.63, 3.8) is 0 Å². The van der Waals surface area contributed by atoms with Crippen molar-refractivity contribution in [3.8, 4) is 0 Å². The van der Waals surface area contributed by atoms with Gasteiger partial charge in [-0.05, 0) is 6.42 Å². The Kier molecular flexibility index (Phi) is 4.57. The fourth-order valence-electron chi connectivity index (χ4n) is 1.38. The largest absolute Gasteiger partial charge is 0.405 e. The Morgan fingerprint density at radius 1 is 1.50 bits per heavy atom. The van der Waals surface area contributed by atoms with Gasteiger partial charge in [-0.1, -0.05) is 6.92 Å². The molecule has 1 heterocycles. The molecule has 0 radical (unpaired) electrons. The number of rotatable bonds is 5. The molecule has 0 atom stereocenters. The molecule has 1 aromatic rings. The standard InChI is InChI=1S/C10H15F3N4O/c1-3-7-8(5-17(2)16-7)14-4-9(18)15-6-10(11,12)13/h5,14H,3-4,6H2,1-2H3,(H,15,18). The van der Waals surface area contributed by atoms with Crippen LogP contribution >= 0.6 is 0 Å². The molecule has 1 rings (SSSR count). The van der Waals surface area contributed by atoms with Crippen LogP contribution in [-0.2, 0) is 18.3 Å². The van der Waals surface area contributed by atoms with Crippen molar-refractivity contribution in [1.29, 1.82) is 0 Å². The van der Waals surface area contributed by atoms with Gasteiger partial charge in [0.2, 0.25) is 5.91 Å². The fraction of sp³-hybridized carbons (Fsp3) is 0.600. The molecule has 0 aliphatic carbocycles. The number of carbonyl (C=O) groups excluding carboxylic acids is 1. The van der Waals surface area contributed by atoms with Crippen molar-refractivity contribution < 1.29 is 18.0 Å². The molecule has 0 saturated carbocycles.